The molecular weight excluding hydrogens is 214 g/mol. The second kappa shape index (κ2) is 5.46. The normalized spacial score (nSPS) is 13.5. The highest BCUT2D eigenvalue weighted by Crippen LogP contribution is 2.13. The Labute approximate surface area is 101 Å². The lowest BCUT2D eigenvalue weighted by molar-refractivity contribution is -0.120. The number of nitriles is 1. The van der Waals surface area contributed by atoms with Gasteiger partial charge in [-0.2, -0.15) is 5.26 Å². The van der Waals surface area contributed by atoms with Crippen molar-refractivity contribution in [2.45, 2.75) is 32.2 Å². The van der Waals surface area contributed by atoms with Crippen molar-refractivity contribution in [1.82, 2.24) is 0 Å². The Balaban J connectivity index is 2.70. The summed E-state index contributed by atoms with van der Waals surface area (Å²) in [7, 11) is 0. The first-order valence-corrected chi connectivity index (χ1v) is 5.56. The van der Waals surface area contributed by atoms with Gasteiger partial charge in [0.2, 0.25) is 5.91 Å². The van der Waals surface area contributed by atoms with Crippen LogP contribution >= 0.6 is 0 Å². The van der Waals surface area contributed by atoms with Gasteiger partial charge in [0, 0.05) is 5.69 Å². The second-order valence-electron chi connectivity index (χ2n) is 4.26. The molecule has 1 aromatic rings. The number of nitrogens with zero attached hydrogens (tertiary/aromatic N) is 1. The fraction of sp³-hybridized carbons (Fsp3) is 0.385. The summed E-state index contributed by atoms with van der Waals surface area (Å²) in [6, 6.07) is 9.25. The standard InChI is InChI=1S/C13H17N3O/c1-3-13(2,15)12(17)16-11-6-4-10(5-7-11)8-9-14/h4-7H,3,8,15H2,1-2H3,(H,16,17). The maximum atomic E-state index is 11.8. The molecule has 0 heterocycles. The van der Waals surface area contributed by atoms with Crippen molar-refractivity contribution in [3.63, 3.8) is 0 Å². The number of nitrogens with two attached hydrogens (primary N) is 1. The van der Waals surface area contributed by atoms with Crippen molar-refractivity contribution in [2.75, 3.05) is 5.32 Å². The third-order valence-corrected chi connectivity index (χ3v) is 2.75. The summed E-state index contributed by atoms with van der Waals surface area (Å²) < 4.78 is 0. The molecule has 1 atom stereocenters. The summed E-state index contributed by atoms with van der Waals surface area (Å²) in [5.41, 5.74) is 6.60. The lowest BCUT2D eigenvalue weighted by Crippen LogP contribution is -2.47. The SMILES string of the molecule is CCC(C)(N)C(=O)Nc1ccc(CC#N)cc1. The van der Waals surface area contributed by atoms with Gasteiger partial charge in [-0.1, -0.05) is 19.1 Å². The molecule has 0 spiro atoms. The van der Waals surface area contributed by atoms with Crippen LogP contribution < -0.4 is 11.1 Å². The second-order valence-corrected chi connectivity index (χ2v) is 4.26. The minimum atomic E-state index is -0.856. The summed E-state index contributed by atoms with van der Waals surface area (Å²) in [5.74, 6) is -0.201. The fourth-order valence-corrected chi connectivity index (χ4v) is 1.23. The molecule has 1 aromatic carbocycles. The van der Waals surface area contributed by atoms with Gasteiger partial charge in [-0.3, -0.25) is 4.79 Å². The molecule has 3 N–H and O–H groups in total. The summed E-state index contributed by atoms with van der Waals surface area (Å²) in [6.07, 6.45) is 0.948. The van der Waals surface area contributed by atoms with Gasteiger partial charge in [0.25, 0.3) is 0 Å². The summed E-state index contributed by atoms with van der Waals surface area (Å²) in [4.78, 5) is 11.8. The Morgan fingerprint density at radius 3 is 2.53 bits per heavy atom. The van der Waals surface area contributed by atoms with Crippen LogP contribution in [0.3, 0.4) is 0 Å². The number of benzene rings is 1. The minimum Gasteiger partial charge on any atom is -0.325 e. The van der Waals surface area contributed by atoms with Crippen LogP contribution in [0.5, 0.6) is 0 Å². The molecule has 0 fully saturated rings. The number of carbonyl (C=O) groups is 1. The average molecular weight is 231 g/mol. The first-order valence-electron chi connectivity index (χ1n) is 5.56. The molecule has 4 nitrogen and oxygen atoms in total. The molecule has 0 saturated carbocycles. The summed E-state index contributed by atoms with van der Waals surface area (Å²) in [6.45, 7) is 3.57. The molecule has 4 heteroatoms. The van der Waals surface area contributed by atoms with E-state index in [4.69, 9.17) is 11.0 Å². The zero-order valence-electron chi connectivity index (χ0n) is 10.2. The average Bonchev–Trinajstić information content (AvgIpc) is 2.32. The summed E-state index contributed by atoms with van der Waals surface area (Å²) >= 11 is 0. The van der Waals surface area contributed by atoms with Crippen molar-refractivity contribution in [1.29, 1.82) is 5.26 Å². The maximum Gasteiger partial charge on any atom is 0.244 e. The van der Waals surface area contributed by atoms with Crippen LogP contribution in [0.25, 0.3) is 0 Å². The van der Waals surface area contributed by atoms with Gasteiger partial charge in [0.05, 0.1) is 18.0 Å². The molecule has 1 rings (SSSR count). The van der Waals surface area contributed by atoms with Crippen molar-refractivity contribution in [3.05, 3.63) is 29.8 Å². The molecule has 0 aromatic heterocycles. The van der Waals surface area contributed by atoms with E-state index in [2.05, 4.69) is 11.4 Å². The molecule has 0 saturated heterocycles. The number of hydrogen-bond acceptors (Lipinski definition) is 3. The molecule has 0 aliphatic rings. The van der Waals surface area contributed by atoms with Crippen molar-refractivity contribution in [3.8, 4) is 6.07 Å². The molecule has 0 aliphatic carbocycles. The molecule has 0 aliphatic heterocycles. The maximum absolute atomic E-state index is 11.8. The molecule has 0 bridgehead atoms. The summed E-state index contributed by atoms with van der Waals surface area (Å²) in [5, 5.41) is 11.3. The van der Waals surface area contributed by atoms with E-state index in [-0.39, 0.29) is 5.91 Å². The van der Waals surface area contributed by atoms with Crippen molar-refractivity contribution in [2.24, 2.45) is 5.73 Å². The Morgan fingerprint density at radius 1 is 1.47 bits per heavy atom. The highest BCUT2D eigenvalue weighted by Gasteiger charge is 2.25. The molecule has 17 heavy (non-hydrogen) atoms. The van der Waals surface area contributed by atoms with Crippen LogP contribution in [0.4, 0.5) is 5.69 Å². The Bertz CT molecular complexity index is 429. The van der Waals surface area contributed by atoms with Gasteiger partial charge >= 0.3 is 0 Å². The van der Waals surface area contributed by atoms with E-state index in [9.17, 15) is 4.79 Å². The van der Waals surface area contributed by atoms with Crippen LogP contribution in [0, 0.1) is 11.3 Å². The zero-order chi connectivity index (χ0) is 12.9. The largest absolute Gasteiger partial charge is 0.325 e. The van der Waals surface area contributed by atoms with Crippen LogP contribution in [0.15, 0.2) is 24.3 Å². The highest BCUT2D eigenvalue weighted by molar-refractivity contribution is 5.97. The predicted octanol–water partition coefficient (Wildman–Crippen LogP) is 1.82. The van der Waals surface area contributed by atoms with Crippen LogP contribution in [0.1, 0.15) is 25.8 Å². The topological polar surface area (TPSA) is 78.9 Å². The van der Waals surface area contributed by atoms with Crippen molar-refractivity contribution >= 4 is 11.6 Å². The monoisotopic (exact) mass is 231 g/mol. The first kappa shape index (κ1) is 13.2. The highest BCUT2D eigenvalue weighted by atomic mass is 16.2. The van der Waals surface area contributed by atoms with E-state index in [0.717, 1.165) is 5.56 Å². The van der Waals surface area contributed by atoms with Crippen molar-refractivity contribution < 1.29 is 4.79 Å². The molecule has 90 valence electrons. The van der Waals surface area contributed by atoms with Gasteiger partial charge in [-0.05, 0) is 31.0 Å². The number of hydrogen-bond donors (Lipinski definition) is 2. The third-order valence-electron chi connectivity index (χ3n) is 2.75. The quantitative estimate of drug-likeness (QED) is 0.829. The number of carbonyl (C=O) groups excluding carboxylic acids is 1. The first-order chi connectivity index (χ1) is 7.99. The molecule has 0 radical (unpaired) electrons. The van der Waals surface area contributed by atoms with E-state index >= 15 is 0 Å². The Hall–Kier alpha value is -1.86. The number of amides is 1. The number of nitrogens with one attached hydrogen (secondary N) is 1. The van der Waals surface area contributed by atoms with E-state index in [1.165, 1.54) is 0 Å². The van der Waals surface area contributed by atoms with Gasteiger partial charge in [-0.15, -0.1) is 0 Å². The smallest absolute Gasteiger partial charge is 0.244 e. The van der Waals surface area contributed by atoms with Gasteiger partial charge in [-0.25, -0.2) is 0 Å². The Kier molecular flexibility index (Phi) is 4.24. The molecule has 1 unspecified atom stereocenters. The predicted molar refractivity (Wildman–Crippen MR) is 67.3 cm³/mol. The van der Waals surface area contributed by atoms with Crippen LogP contribution in [-0.2, 0) is 11.2 Å². The van der Waals surface area contributed by atoms with Gasteiger partial charge < -0.3 is 11.1 Å². The lowest BCUT2D eigenvalue weighted by Gasteiger charge is -2.21. The van der Waals surface area contributed by atoms with Crippen LogP contribution in [-0.4, -0.2) is 11.4 Å². The van der Waals surface area contributed by atoms with E-state index in [1.54, 1.807) is 19.1 Å². The zero-order valence-corrected chi connectivity index (χ0v) is 10.2. The van der Waals surface area contributed by atoms with Gasteiger partial charge in [0.1, 0.15) is 0 Å². The molecule has 1 amide bonds. The van der Waals surface area contributed by atoms with Crippen LogP contribution in [0.2, 0.25) is 0 Å². The lowest BCUT2D eigenvalue weighted by atomic mass is 9.99. The molecular formula is C13H17N3O. The fourth-order valence-electron chi connectivity index (χ4n) is 1.23. The van der Waals surface area contributed by atoms with E-state index in [1.807, 2.05) is 19.1 Å². The third kappa shape index (κ3) is 3.58. The van der Waals surface area contributed by atoms with E-state index in [0.29, 0.717) is 18.5 Å². The van der Waals surface area contributed by atoms with Gasteiger partial charge in [0.15, 0.2) is 0 Å². The van der Waals surface area contributed by atoms with E-state index < -0.39 is 5.54 Å². The number of anilines is 1. The minimum absolute atomic E-state index is 0.201. The number of rotatable bonds is 4. The Morgan fingerprint density at radius 2 is 2.06 bits per heavy atom.